The fraction of sp³-hybridized carbons (Fsp3) is 0.438. The standard InChI is InChI=1S/C32H42N6O4/c1-6-7-16-26-35-28-29(24-14-8-9-15-25(24)34-30(28)33)38(26)18-11-17-37(27(39)21-36(4)5)20-22-12-10-13-23(19-22)42-32(2,3)31(40)41/h8-10,12-15,19H,6-7,11,16-18,20-21H2,1-5H3,(H2,33,34)(H,40,41). The van der Waals surface area contributed by atoms with Crippen molar-refractivity contribution in [1.82, 2.24) is 24.3 Å². The second-order valence-electron chi connectivity index (χ2n) is 11.5. The molecule has 4 rings (SSSR count). The Labute approximate surface area is 247 Å². The van der Waals surface area contributed by atoms with Crippen LogP contribution in [0.4, 0.5) is 5.82 Å². The topological polar surface area (TPSA) is 127 Å². The maximum absolute atomic E-state index is 13.3. The van der Waals surface area contributed by atoms with Crippen molar-refractivity contribution >= 4 is 39.6 Å². The number of imidazole rings is 1. The number of ether oxygens (including phenoxy) is 1. The summed E-state index contributed by atoms with van der Waals surface area (Å²) in [6, 6.07) is 15.2. The van der Waals surface area contributed by atoms with Crippen LogP contribution in [0.5, 0.6) is 5.75 Å². The molecule has 42 heavy (non-hydrogen) atoms. The quantitative estimate of drug-likeness (QED) is 0.221. The number of anilines is 1. The number of amides is 1. The van der Waals surface area contributed by atoms with Gasteiger partial charge in [0.25, 0.3) is 0 Å². The van der Waals surface area contributed by atoms with E-state index in [0.717, 1.165) is 52.6 Å². The van der Waals surface area contributed by atoms with Crippen molar-refractivity contribution in [3.63, 3.8) is 0 Å². The summed E-state index contributed by atoms with van der Waals surface area (Å²) in [5, 5.41) is 10.5. The van der Waals surface area contributed by atoms with Crippen molar-refractivity contribution < 1.29 is 19.4 Å². The second kappa shape index (κ2) is 13.2. The van der Waals surface area contributed by atoms with Gasteiger partial charge in [0.15, 0.2) is 11.4 Å². The molecule has 0 saturated carbocycles. The number of unbranched alkanes of at least 4 members (excludes halogenated alkanes) is 1. The van der Waals surface area contributed by atoms with Crippen LogP contribution in [-0.2, 0) is 29.1 Å². The first-order valence-corrected chi connectivity index (χ1v) is 14.5. The minimum atomic E-state index is -1.37. The number of aliphatic carboxylic acids is 1. The number of hydrogen-bond acceptors (Lipinski definition) is 7. The van der Waals surface area contributed by atoms with Crippen LogP contribution < -0.4 is 10.5 Å². The number of nitrogens with zero attached hydrogens (tertiary/aromatic N) is 5. The number of nitrogen functional groups attached to an aromatic ring is 1. The molecule has 0 saturated heterocycles. The number of carbonyl (C=O) groups excluding carboxylic acids is 1. The normalized spacial score (nSPS) is 11.9. The SMILES string of the molecule is CCCCc1nc2c(N)nc3ccccc3c2n1CCCN(Cc1cccc(OC(C)(C)C(=O)O)c1)C(=O)CN(C)C. The van der Waals surface area contributed by atoms with E-state index in [-0.39, 0.29) is 12.5 Å². The van der Waals surface area contributed by atoms with E-state index in [2.05, 4.69) is 22.5 Å². The highest BCUT2D eigenvalue weighted by Gasteiger charge is 2.29. The van der Waals surface area contributed by atoms with Gasteiger partial charge in [0.05, 0.1) is 17.6 Å². The predicted octanol–water partition coefficient (Wildman–Crippen LogP) is 4.73. The smallest absolute Gasteiger partial charge is 0.347 e. The number of carboxylic acid groups (broad SMARTS) is 1. The summed E-state index contributed by atoms with van der Waals surface area (Å²) in [5.74, 6) is 0.817. The number of carboxylic acids is 1. The fourth-order valence-electron chi connectivity index (χ4n) is 5.02. The Balaban J connectivity index is 1.59. The van der Waals surface area contributed by atoms with Gasteiger partial charge in [-0.1, -0.05) is 43.7 Å². The van der Waals surface area contributed by atoms with Gasteiger partial charge in [-0.3, -0.25) is 4.79 Å². The molecule has 0 atom stereocenters. The summed E-state index contributed by atoms with van der Waals surface area (Å²) in [7, 11) is 3.75. The zero-order valence-corrected chi connectivity index (χ0v) is 25.3. The molecule has 0 aliphatic carbocycles. The van der Waals surface area contributed by atoms with E-state index in [4.69, 9.17) is 15.5 Å². The molecule has 4 aromatic rings. The Morgan fingerprint density at radius 3 is 2.55 bits per heavy atom. The number of aromatic nitrogens is 3. The minimum absolute atomic E-state index is 0.0118. The fourth-order valence-corrected chi connectivity index (χ4v) is 5.02. The molecule has 0 fully saturated rings. The first-order valence-electron chi connectivity index (χ1n) is 14.5. The monoisotopic (exact) mass is 574 g/mol. The highest BCUT2D eigenvalue weighted by Crippen LogP contribution is 2.30. The molecule has 10 nitrogen and oxygen atoms in total. The Bertz CT molecular complexity index is 1560. The Morgan fingerprint density at radius 2 is 1.83 bits per heavy atom. The number of para-hydroxylation sites is 1. The van der Waals surface area contributed by atoms with Crippen molar-refractivity contribution in [2.75, 3.05) is 32.9 Å². The first-order chi connectivity index (χ1) is 20.0. The van der Waals surface area contributed by atoms with Gasteiger partial charge in [-0.15, -0.1) is 0 Å². The van der Waals surface area contributed by atoms with E-state index in [1.807, 2.05) is 54.2 Å². The van der Waals surface area contributed by atoms with Crippen LogP contribution in [0.15, 0.2) is 48.5 Å². The Morgan fingerprint density at radius 1 is 1.07 bits per heavy atom. The molecule has 3 N–H and O–H groups in total. The largest absolute Gasteiger partial charge is 0.478 e. The molecule has 0 aliphatic rings. The summed E-state index contributed by atoms with van der Waals surface area (Å²) in [5.41, 5.74) is 8.40. The summed E-state index contributed by atoms with van der Waals surface area (Å²) in [4.78, 5) is 38.1. The summed E-state index contributed by atoms with van der Waals surface area (Å²) in [6.45, 7) is 7.05. The average Bonchev–Trinajstić information content (AvgIpc) is 3.30. The van der Waals surface area contributed by atoms with Crippen LogP contribution in [-0.4, -0.2) is 74.1 Å². The Hall–Kier alpha value is -4.18. The van der Waals surface area contributed by atoms with E-state index in [1.54, 1.807) is 12.1 Å². The van der Waals surface area contributed by atoms with Crippen molar-refractivity contribution in [3.8, 4) is 5.75 Å². The molecule has 2 heterocycles. The van der Waals surface area contributed by atoms with Crippen molar-refractivity contribution in [1.29, 1.82) is 0 Å². The molecule has 0 aliphatic heterocycles. The van der Waals surface area contributed by atoms with Gasteiger partial charge in [-0.25, -0.2) is 14.8 Å². The van der Waals surface area contributed by atoms with Crippen molar-refractivity contribution in [2.45, 2.75) is 65.1 Å². The van der Waals surface area contributed by atoms with Crippen LogP contribution in [0.2, 0.25) is 0 Å². The number of benzene rings is 2. The molecule has 2 aromatic heterocycles. The molecule has 0 radical (unpaired) electrons. The zero-order chi connectivity index (χ0) is 30.4. The molecule has 2 aromatic carbocycles. The van der Waals surface area contributed by atoms with Crippen molar-refractivity contribution in [3.05, 3.63) is 59.9 Å². The number of likely N-dealkylation sites (N-methyl/N-ethyl adjacent to an activating group) is 1. The number of nitrogens with two attached hydrogens (primary N) is 1. The van der Waals surface area contributed by atoms with Crippen LogP contribution in [0.25, 0.3) is 21.9 Å². The predicted molar refractivity (Wildman–Crippen MR) is 165 cm³/mol. The maximum atomic E-state index is 13.3. The highest BCUT2D eigenvalue weighted by molar-refractivity contribution is 6.06. The number of aryl methyl sites for hydroxylation is 2. The van der Waals surface area contributed by atoms with Crippen molar-refractivity contribution in [2.24, 2.45) is 0 Å². The van der Waals surface area contributed by atoms with E-state index in [1.165, 1.54) is 13.8 Å². The van der Waals surface area contributed by atoms with E-state index in [0.29, 0.717) is 37.6 Å². The van der Waals surface area contributed by atoms with E-state index in [9.17, 15) is 14.7 Å². The number of carbonyl (C=O) groups is 2. The second-order valence-corrected chi connectivity index (χ2v) is 11.5. The third-order valence-electron chi connectivity index (χ3n) is 7.22. The molecule has 0 bridgehead atoms. The average molecular weight is 575 g/mol. The lowest BCUT2D eigenvalue weighted by Gasteiger charge is -2.26. The molecule has 0 spiro atoms. The lowest BCUT2D eigenvalue weighted by atomic mass is 10.1. The summed E-state index contributed by atoms with van der Waals surface area (Å²) >= 11 is 0. The number of pyridine rings is 1. The van der Waals surface area contributed by atoms with Crippen LogP contribution in [0.3, 0.4) is 0 Å². The van der Waals surface area contributed by atoms with Gasteiger partial charge >= 0.3 is 5.97 Å². The molecule has 224 valence electrons. The number of fused-ring (bicyclic) bond motifs is 3. The maximum Gasteiger partial charge on any atom is 0.347 e. The summed E-state index contributed by atoms with van der Waals surface area (Å²) in [6.07, 6.45) is 3.61. The molecular weight excluding hydrogens is 532 g/mol. The van der Waals surface area contributed by atoms with Gasteiger partial charge in [-0.2, -0.15) is 0 Å². The highest BCUT2D eigenvalue weighted by atomic mass is 16.5. The van der Waals surface area contributed by atoms with E-state index >= 15 is 0 Å². The summed E-state index contributed by atoms with van der Waals surface area (Å²) < 4.78 is 7.99. The molecule has 1 amide bonds. The third kappa shape index (κ3) is 7.17. The minimum Gasteiger partial charge on any atom is -0.478 e. The van der Waals surface area contributed by atoms with Crippen LogP contribution in [0, 0.1) is 0 Å². The number of hydrogen-bond donors (Lipinski definition) is 2. The first kappa shape index (κ1) is 30.8. The van der Waals surface area contributed by atoms with Crippen LogP contribution in [0.1, 0.15) is 51.4 Å². The third-order valence-corrected chi connectivity index (χ3v) is 7.22. The zero-order valence-electron chi connectivity index (χ0n) is 25.3. The van der Waals surface area contributed by atoms with Gasteiger partial charge in [-0.05, 0) is 64.5 Å². The lowest BCUT2D eigenvalue weighted by Crippen LogP contribution is -2.38. The molecule has 10 heteroatoms. The lowest BCUT2D eigenvalue weighted by molar-refractivity contribution is -0.152. The molecular formula is C32H42N6O4. The number of rotatable bonds is 14. The Kier molecular flexibility index (Phi) is 9.67. The van der Waals surface area contributed by atoms with E-state index < -0.39 is 11.6 Å². The van der Waals surface area contributed by atoms with Gasteiger partial charge in [0.1, 0.15) is 17.1 Å². The van der Waals surface area contributed by atoms with Gasteiger partial charge in [0, 0.05) is 31.4 Å². The van der Waals surface area contributed by atoms with Gasteiger partial charge < -0.3 is 29.9 Å². The van der Waals surface area contributed by atoms with Gasteiger partial charge in [0.2, 0.25) is 5.91 Å². The van der Waals surface area contributed by atoms with Crippen LogP contribution >= 0.6 is 0 Å². The molecule has 0 unspecified atom stereocenters.